The number of carbonyl (C=O) groups is 1. The van der Waals surface area contributed by atoms with E-state index in [4.69, 9.17) is 17.3 Å². The third kappa shape index (κ3) is 5.27. The van der Waals surface area contributed by atoms with E-state index in [0.29, 0.717) is 5.92 Å². The number of halogens is 1. The highest BCUT2D eigenvalue weighted by molar-refractivity contribution is 6.30. The molecule has 4 nitrogen and oxygen atoms in total. The molecule has 0 unspecified atom stereocenters. The molecule has 3 N–H and O–H groups in total. The van der Waals surface area contributed by atoms with Gasteiger partial charge in [0, 0.05) is 18.1 Å². The van der Waals surface area contributed by atoms with Crippen molar-refractivity contribution in [3.63, 3.8) is 0 Å². The number of piperidine rings is 1. The summed E-state index contributed by atoms with van der Waals surface area (Å²) in [5, 5.41) is 3.74. The van der Waals surface area contributed by atoms with Crippen LogP contribution in [0.15, 0.2) is 24.3 Å². The number of likely N-dealkylation sites (tertiary alicyclic amines) is 1. The predicted octanol–water partition coefficient (Wildman–Crippen LogP) is 2.41. The fraction of sp³-hybridized carbons (Fsp3) is 0.588. The molecule has 1 aromatic carbocycles. The molecule has 22 heavy (non-hydrogen) atoms. The van der Waals surface area contributed by atoms with Crippen LogP contribution in [0.2, 0.25) is 5.02 Å². The number of carbonyl (C=O) groups excluding carboxylic acids is 1. The number of hydrogen-bond donors (Lipinski definition) is 2. The molecule has 0 spiro atoms. The summed E-state index contributed by atoms with van der Waals surface area (Å²) in [4.78, 5) is 14.2. The van der Waals surface area contributed by atoms with Crippen LogP contribution in [-0.4, -0.2) is 36.0 Å². The fourth-order valence-electron chi connectivity index (χ4n) is 2.66. The number of rotatable bonds is 5. The summed E-state index contributed by atoms with van der Waals surface area (Å²) in [6, 6.07) is 8.04. The summed E-state index contributed by atoms with van der Waals surface area (Å²) in [6.45, 7) is 7.29. The zero-order valence-corrected chi connectivity index (χ0v) is 14.2. The molecular formula is C17H26ClN3O. The van der Waals surface area contributed by atoms with Crippen molar-refractivity contribution in [2.45, 2.75) is 38.8 Å². The van der Waals surface area contributed by atoms with E-state index >= 15 is 0 Å². The molecule has 1 aromatic rings. The second-order valence-electron chi connectivity index (χ2n) is 6.78. The minimum atomic E-state index is -0.796. The average Bonchev–Trinajstić information content (AvgIpc) is 2.47. The van der Waals surface area contributed by atoms with Gasteiger partial charge in [-0.05, 0) is 63.4 Å². The lowest BCUT2D eigenvalue weighted by Gasteiger charge is -2.32. The van der Waals surface area contributed by atoms with Gasteiger partial charge in [0.1, 0.15) is 0 Å². The standard InChI is InChI=1S/C17H26ClN3O/c1-17(2,19)16(22)20-11-13-7-9-21(10-8-13)12-14-3-5-15(18)6-4-14/h3-6,13H,7-12,19H2,1-2H3,(H,20,22). The van der Waals surface area contributed by atoms with Crippen LogP contribution < -0.4 is 11.1 Å². The molecule has 2 rings (SSSR count). The molecule has 0 bridgehead atoms. The van der Waals surface area contributed by atoms with Crippen LogP contribution >= 0.6 is 11.6 Å². The summed E-state index contributed by atoms with van der Waals surface area (Å²) >= 11 is 5.91. The first-order chi connectivity index (χ1) is 10.3. The Labute approximate surface area is 138 Å². The number of nitrogens with two attached hydrogens (primary N) is 1. The summed E-state index contributed by atoms with van der Waals surface area (Å²) < 4.78 is 0. The van der Waals surface area contributed by atoms with E-state index in [9.17, 15) is 4.79 Å². The first-order valence-electron chi connectivity index (χ1n) is 7.88. The lowest BCUT2D eigenvalue weighted by atomic mass is 9.96. The Morgan fingerprint density at radius 2 is 1.91 bits per heavy atom. The van der Waals surface area contributed by atoms with Crippen molar-refractivity contribution in [1.29, 1.82) is 0 Å². The highest BCUT2D eigenvalue weighted by Crippen LogP contribution is 2.19. The average molecular weight is 324 g/mol. The van der Waals surface area contributed by atoms with Gasteiger partial charge in [0.25, 0.3) is 0 Å². The zero-order valence-electron chi connectivity index (χ0n) is 13.4. The largest absolute Gasteiger partial charge is 0.354 e. The van der Waals surface area contributed by atoms with E-state index in [1.54, 1.807) is 13.8 Å². The third-order valence-electron chi connectivity index (χ3n) is 4.16. The fourth-order valence-corrected chi connectivity index (χ4v) is 2.79. The Balaban J connectivity index is 1.71. The zero-order chi connectivity index (χ0) is 16.2. The van der Waals surface area contributed by atoms with E-state index < -0.39 is 5.54 Å². The number of nitrogens with zero attached hydrogens (tertiary/aromatic N) is 1. The molecule has 1 aliphatic heterocycles. The Morgan fingerprint density at radius 1 is 1.32 bits per heavy atom. The molecule has 122 valence electrons. The van der Waals surface area contributed by atoms with Gasteiger partial charge in [0.2, 0.25) is 5.91 Å². The van der Waals surface area contributed by atoms with Gasteiger partial charge in [0.05, 0.1) is 5.54 Å². The highest BCUT2D eigenvalue weighted by atomic mass is 35.5. The van der Waals surface area contributed by atoms with E-state index in [-0.39, 0.29) is 5.91 Å². The van der Waals surface area contributed by atoms with Crippen LogP contribution in [0.4, 0.5) is 0 Å². The number of amides is 1. The smallest absolute Gasteiger partial charge is 0.239 e. The van der Waals surface area contributed by atoms with Crippen molar-refractivity contribution < 1.29 is 4.79 Å². The van der Waals surface area contributed by atoms with Crippen molar-refractivity contribution >= 4 is 17.5 Å². The minimum absolute atomic E-state index is 0.0731. The number of hydrogen-bond acceptors (Lipinski definition) is 3. The lowest BCUT2D eigenvalue weighted by Crippen LogP contribution is -2.50. The Morgan fingerprint density at radius 3 is 2.45 bits per heavy atom. The molecule has 0 aliphatic carbocycles. The number of benzene rings is 1. The first kappa shape index (κ1) is 17.3. The Kier molecular flexibility index (Phi) is 5.84. The molecule has 1 aliphatic rings. The molecule has 0 saturated carbocycles. The molecule has 1 fully saturated rings. The number of nitrogens with one attached hydrogen (secondary N) is 1. The lowest BCUT2D eigenvalue weighted by molar-refractivity contribution is -0.125. The predicted molar refractivity (Wildman–Crippen MR) is 90.7 cm³/mol. The van der Waals surface area contributed by atoms with Gasteiger partial charge < -0.3 is 11.1 Å². The maximum atomic E-state index is 11.8. The van der Waals surface area contributed by atoms with Gasteiger partial charge in [-0.25, -0.2) is 0 Å². The SMILES string of the molecule is CC(C)(N)C(=O)NCC1CCN(Cc2ccc(Cl)cc2)CC1. The van der Waals surface area contributed by atoms with Gasteiger partial charge >= 0.3 is 0 Å². The van der Waals surface area contributed by atoms with E-state index in [1.165, 1.54) is 5.56 Å². The van der Waals surface area contributed by atoms with Crippen LogP contribution in [-0.2, 0) is 11.3 Å². The van der Waals surface area contributed by atoms with Crippen molar-refractivity contribution in [3.05, 3.63) is 34.9 Å². The maximum absolute atomic E-state index is 11.8. The second kappa shape index (κ2) is 7.44. The van der Waals surface area contributed by atoms with Gasteiger partial charge in [-0.2, -0.15) is 0 Å². The Hall–Kier alpha value is -1.10. The molecule has 0 radical (unpaired) electrons. The molecule has 1 amide bonds. The quantitative estimate of drug-likeness (QED) is 0.875. The topological polar surface area (TPSA) is 58.4 Å². The van der Waals surface area contributed by atoms with Crippen molar-refractivity contribution in [2.75, 3.05) is 19.6 Å². The first-order valence-corrected chi connectivity index (χ1v) is 8.26. The van der Waals surface area contributed by atoms with Gasteiger partial charge in [-0.1, -0.05) is 23.7 Å². The van der Waals surface area contributed by atoms with Crippen molar-refractivity contribution in [1.82, 2.24) is 10.2 Å². The van der Waals surface area contributed by atoms with Crippen LogP contribution in [0.1, 0.15) is 32.3 Å². The van der Waals surface area contributed by atoms with E-state index in [2.05, 4.69) is 22.3 Å². The summed E-state index contributed by atoms with van der Waals surface area (Å²) in [5.41, 5.74) is 6.28. The van der Waals surface area contributed by atoms with Crippen LogP contribution in [0, 0.1) is 5.92 Å². The third-order valence-corrected chi connectivity index (χ3v) is 4.42. The van der Waals surface area contributed by atoms with Crippen molar-refractivity contribution in [2.24, 2.45) is 11.7 Å². The van der Waals surface area contributed by atoms with Crippen LogP contribution in [0.5, 0.6) is 0 Å². The molecule has 0 aromatic heterocycles. The minimum Gasteiger partial charge on any atom is -0.354 e. The molecule has 1 heterocycles. The highest BCUT2D eigenvalue weighted by Gasteiger charge is 2.24. The van der Waals surface area contributed by atoms with E-state index in [0.717, 1.165) is 44.0 Å². The molecule has 1 saturated heterocycles. The summed E-state index contributed by atoms with van der Waals surface area (Å²) in [7, 11) is 0. The van der Waals surface area contributed by atoms with Gasteiger partial charge in [0.15, 0.2) is 0 Å². The van der Waals surface area contributed by atoms with Crippen LogP contribution in [0.25, 0.3) is 0 Å². The monoisotopic (exact) mass is 323 g/mol. The molecular weight excluding hydrogens is 298 g/mol. The Bertz CT molecular complexity index is 488. The maximum Gasteiger partial charge on any atom is 0.239 e. The molecule has 0 atom stereocenters. The molecule has 5 heteroatoms. The normalized spacial score (nSPS) is 17.5. The van der Waals surface area contributed by atoms with Crippen molar-refractivity contribution in [3.8, 4) is 0 Å². The second-order valence-corrected chi connectivity index (χ2v) is 7.21. The summed E-state index contributed by atoms with van der Waals surface area (Å²) in [6.07, 6.45) is 2.22. The van der Waals surface area contributed by atoms with Crippen LogP contribution in [0.3, 0.4) is 0 Å². The van der Waals surface area contributed by atoms with E-state index in [1.807, 2.05) is 12.1 Å². The van der Waals surface area contributed by atoms with Gasteiger partial charge in [-0.15, -0.1) is 0 Å². The van der Waals surface area contributed by atoms with Gasteiger partial charge in [-0.3, -0.25) is 9.69 Å². The summed E-state index contributed by atoms with van der Waals surface area (Å²) in [5.74, 6) is 0.476.